The molecule has 2 saturated heterocycles. The summed E-state index contributed by atoms with van der Waals surface area (Å²) in [4.78, 5) is 4.17. The van der Waals surface area contributed by atoms with Crippen LogP contribution in [0.4, 0.5) is 22.0 Å². The fourth-order valence-corrected chi connectivity index (χ4v) is 4.63. The van der Waals surface area contributed by atoms with Crippen molar-refractivity contribution in [3.05, 3.63) is 64.7 Å². The Morgan fingerprint density at radius 1 is 1.00 bits per heavy atom. The smallest absolute Gasteiger partial charge is 0.416 e. The third-order valence-electron chi connectivity index (χ3n) is 6.36. The van der Waals surface area contributed by atoms with Gasteiger partial charge in [-0.25, -0.2) is 8.78 Å². The Labute approximate surface area is 184 Å². The predicted molar refractivity (Wildman–Crippen MR) is 112 cm³/mol. The van der Waals surface area contributed by atoms with Crippen LogP contribution in [0.25, 0.3) is 0 Å². The number of halogens is 5. The Hall–Kier alpha value is -2.19. The summed E-state index contributed by atoms with van der Waals surface area (Å²) in [5, 5.41) is 0. The molecule has 0 atom stereocenters. The van der Waals surface area contributed by atoms with E-state index in [1.165, 1.54) is 24.3 Å². The van der Waals surface area contributed by atoms with Crippen LogP contribution in [0.15, 0.2) is 36.4 Å². The maximum atomic E-state index is 14.7. The van der Waals surface area contributed by atoms with Crippen molar-refractivity contribution in [2.24, 2.45) is 0 Å². The average molecular weight is 454 g/mol. The third kappa shape index (κ3) is 5.07. The van der Waals surface area contributed by atoms with Crippen molar-refractivity contribution in [2.75, 3.05) is 33.2 Å². The second kappa shape index (κ2) is 8.63. The number of hydrogen-bond acceptors (Lipinski definition) is 3. The highest BCUT2D eigenvalue weighted by atomic mass is 19.4. The molecular formula is C24H27F5N2O. The molecule has 0 N–H and O–H groups in total. The van der Waals surface area contributed by atoms with Crippen molar-refractivity contribution < 1.29 is 26.7 Å². The van der Waals surface area contributed by atoms with Crippen LogP contribution in [0, 0.1) is 11.6 Å². The molecule has 174 valence electrons. The third-order valence-corrected chi connectivity index (χ3v) is 6.36. The highest BCUT2D eigenvalue weighted by Gasteiger charge is 2.42. The van der Waals surface area contributed by atoms with Gasteiger partial charge in [0.15, 0.2) is 17.4 Å². The summed E-state index contributed by atoms with van der Waals surface area (Å²) in [5.74, 6) is -1.61. The number of ether oxygens (including phenoxy) is 1. The molecule has 0 spiro atoms. The number of hydrogen-bond donors (Lipinski definition) is 0. The fourth-order valence-electron chi connectivity index (χ4n) is 4.63. The van der Waals surface area contributed by atoms with Crippen molar-refractivity contribution in [3.63, 3.8) is 0 Å². The molecule has 0 radical (unpaired) electrons. The van der Waals surface area contributed by atoms with Crippen molar-refractivity contribution in [3.8, 4) is 5.75 Å². The first kappa shape index (κ1) is 23.0. The SMILES string of the molecule is CN1CCC(c2cc(F)c(OC3(C)CN(Cc4ccc(C(F)(F)F)cc4)C3)c(F)c2)CC1. The van der Waals surface area contributed by atoms with Gasteiger partial charge in [0.05, 0.1) is 5.56 Å². The molecule has 0 aliphatic carbocycles. The van der Waals surface area contributed by atoms with E-state index in [9.17, 15) is 22.0 Å². The number of rotatable bonds is 5. The summed E-state index contributed by atoms with van der Waals surface area (Å²) in [6.07, 6.45) is -2.63. The van der Waals surface area contributed by atoms with E-state index >= 15 is 0 Å². The number of piperidine rings is 1. The second-order valence-corrected chi connectivity index (χ2v) is 9.28. The van der Waals surface area contributed by atoms with Crippen molar-refractivity contribution >= 4 is 0 Å². The van der Waals surface area contributed by atoms with Crippen LogP contribution in [0.3, 0.4) is 0 Å². The first-order valence-corrected chi connectivity index (χ1v) is 10.8. The van der Waals surface area contributed by atoms with Gasteiger partial charge in [-0.15, -0.1) is 0 Å². The molecule has 3 nitrogen and oxygen atoms in total. The van der Waals surface area contributed by atoms with Crippen LogP contribution in [-0.2, 0) is 12.7 Å². The molecule has 8 heteroatoms. The van der Waals surface area contributed by atoms with E-state index in [2.05, 4.69) is 4.90 Å². The van der Waals surface area contributed by atoms with Crippen LogP contribution in [0.2, 0.25) is 0 Å². The molecule has 0 aromatic heterocycles. The van der Waals surface area contributed by atoms with E-state index in [-0.39, 0.29) is 11.7 Å². The number of nitrogens with zero attached hydrogens (tertiary/aromatic N) is 2. The van der Waals surface area contributed by atoms with E-state index in [4.69, 9.17) is 4.74 Å². The second-order valence-electron chi connectivity index (χ2n) is 9.28. The molecule has 0 saturated carbocycles. The van der Waals surface area contributed by atoms with Crippen molar-refractivity contribution in [2.45, 2.75) is 44.0 Å². The van der Waals surface area contributed by atoms with E-state index in [1.807, 2.05) is 11.9 Å². The summed E-state index contributed by atoms with van der Waals surface area (Å²) in [6.45, 7) is 4.86. The monoisotopic (exact) mass is 454 g/mol. The van der Waals surface area contributed by atoms with Gasteiger partial charge >= 0.3 is 6.18 Å². The lowest BCUT2D eigenvalue weighted by Crippen LogP contribution is -2.62. The fraction of sp³-hybridized carbons (Fsp3) is 0.500. The van der Waals surface area contributed by atoms with Crippen LogP contribution in [-0.4, -0.2) is 48.6 Å². The van der Waals surface area contributed by atoms with E-state index in [0.717, 1.165) is 43.6 Å². The van der Waals surface area contributed by atoms with Gasteiger partial charge < -0.3 is 9.64 Å². The van der Waals surface area contributed by atoms with E-state index in [1.54, 1.807) is 6.92 Å². The van der Waals surface area contributed by atoms with Gasteiger partial charge in [-0.3, -0.25) is 4.90 Å². The lowest BCUT2D eigenvalue weighted by molar-refractivity contribution is -0.137. The Morgan fingerprint density at radius 3 is 2.09 bits per heavy atom. The molecule has 2 fully saturated rings. The van der Waals surface area contributed by atoms with Gasteiger partial charge in [0.2, 0.25) is 0 Å². The zero-order valence-electron chi connectivity index (χ0n) is 18.2. The largest absolute Gasteiger partial charge is 0.479 e. The van der Waals surface area contributed by atoms with Gasteiger partial charge in [-0.2, -0.15) is 13.2 Å². The van der Waals surface area contributed by atoms with E-state index in [0.29, 0.717) is 25.2 Å². The van der Waals surface area contributed by atoms with Crippen LogP contribution in [0.5, 0.6) is 5.75 Å². The molecular weight excluding hydrogens is 427 g/mol. The minimum Gasteiger partial charge on any atom is -0.479 e. The summed E-state index contributed by atoms with van der Waals surface area (Å²) in [5.41, 5.74) is -0.0430. The van der Waals surface area contributed by atoms with Gasteiger partial charge in [-0.05, 0) is 81.2 Å². The molecule has 32 heavy (non-hydrogen) atoms. The topological polar surface area (TPSA) is 15.7 Å². The maximum absolute atomic E-state index is 14.7. The molecule has 0 unspecified atom stereocenters. The Kier molecular flexibility index (Phi) is 6.20. The molecule has 2 aromatic rings. The van der Waals surface area contributed by atoms with Gasteiger partial charge in [0.25, 0.3) is 0 Å². The summed E-state index contributed by atoms with van der Waals surface area (Å²) in [7, 11) is 2.04. The average Bonchev–Trinajstić information content (AvgIpc) is 2.70. The highest BCUT2D eigenvalue weighted by molar-refractivity contribution is 5.34. The van der Waals surface area contributed by atoms with Crippen molar-refractivity contribution in [1.82, 2.24) is 9.80 Å². The first-order chi connectivity index (χ1) is 15.0. The maximum Gasteiger partial charge on any atom is 0.416 e. The summed E-state index contributed by atoms with van der Waals surface area (Å²) >= 11 is 0. The van der Waals surface area contributed by atoms with Gasteiger partial charge in [-0.1, -0.05) is 12.1 Å². The summed E-state index contributed by atoms with van der Waals surface area (Å²) in [6, 6.07) is 7.77. The van der Waals surface area contributed by atoms with Crippen LogP contribution >= 0.6 is 0 Å². The lowest BCUT2D eigenvalue weighted by atomic mass is 9.89. The first-order valence-electron chi connectivity index (χ1n) is 10.8. The Morgan fingerprint density at radius 2 is 1.56 bits per heavy atom. The molecule has 2 aliphatic rings. The zero-order chi connectivity index (χ0) is 23.1. The van der Waals surface area contributed by atoms with Gasteiger partial charge in [0.1, 0.15) is 5.60 Å². The predicted octanol–water partition coefficient (Wildman–Crippen LogP) is 5.45. The summed E-state index contributed by atoms with van der Waals surface area (Å²) < 4.78 is 73.3. The Bertz CT molecular complexity index is 923. The normalized spacial score (nSPS) is 20.2. The lowest BCUT2D eigenvalue weighted by Gasteiger charge is -2.47. The molecule has 2 aliphatic heterocycles. The number of benzene rings is 2. The standard InChI is InChI=1S/C24H27F5N2O/c1-23(14-31(15-23)13-16-3-5-19(6-4-16)24(27,28)29)32-22-20(25)11-18(12-21(22)26)17-7-9-30(2)10-8-17/h3-6,11-12,17H,7-10,13-15H2,1-2H3. The quantitative estimate of drug-likeness (QED) is 0.559. The number of likely N-dealkylation sites (tertiary alicyclic amines) is 2. The van der Waals surface area contributed by atoms with E-state index < -0.39 is 29.0 Å². The molecule has 0 bridgehead atoms. The minimum atomic E-state index is -4.36. The van der Waals surface area contributed by atoms with Gasteiger partial charge in [0, 0.05) is 19.6 Å². The van der Waals surface area contributed by atoms with Crippen LogP contribution in [0.1, 0.15) is 42.4 Å². The Balaban J connectivity index is 1.36. The zero-order valence-corrected chi connectivity index (χ0v) is 18.2. The number of alkyl halides is 3. The molecule has 0 amide bonds. The van der Waals surface area contributed by atoms with Crippen molar-refractivity contribution in [1.29, 1.82) is 0 Å². The molecule has 2 heterocycles. The van der Waals surface area contributed by atoms with Crippen LogP contribution < -0.4 is 4.74 Å². The molecule has 4 rings (SSSR count). The molecule has 2 aromatic carbocycles. The minimum absolute atomic E-state index is 0.141. The highest BCUT2D eigenvalue weighted by Crippen LogP contribution is 2.36.